The quantitative estimate of drug-likeness (QED) is 0.859. The van der Waals surface area contributed by atoms with Crippen LogP contribution < -0.4 is 5.32 Å². The number of nitrogens with zero attached hydrogens (tertiary/aromatic N) is 2. The Labute approximate surface area is 134 Å². The second kappa shape index (κ2) is 7.44. The van der Waals surface area contributed by atoms with Gasteiger partial charge in [-0.3, -0.25) is 14.5 Å². The van der Waals surface area contributed by atoms with Crippen molar-refractivity contribution in [3.8, 4) is 0 Å². The molecule has 2 fully saturated rings. The van der Waals surface area contributed by atoms with Crippen molar-refractivity contribution in [1.82, 2.24) is 15.1 Å². The van der Waals surface area contributed by atoms with Gasteiger partial charge < -0.3 is 10.2 Å². The van der Waals surface area contributed by atoms with Gasteiger partial charge in [-0.25, -0.2) is 0 Å². The average molecular weight is 309 g/mol. The molecule has 0 unspecified atom stereocenters. The molecule has 2 heterocycles. The smallest absolute Gasteiger partial charge is 0.242 e. The first kappa shape index (κ1) is 17.3. The van der Waals surface area contributed by atoms with Crippen LogP contribution in [0.1, 0.15) is 52.9 Å². The standard InChI is InChI=1S/C17H31N3O2/c1-17(2,3)11-15(21)18-12-16(22)20-10-6-7-14(13-20)19-8-4-5-9-19/h14H,4-13H2,1-3H3,(H,18,21)/t14-/m1/s1. The monoisotopic (exact) mass is 309 g/mol. The van der Waals surface area contributed by atoms with E-state index in [-0.39, 0.29) is 23.8 Å². The van der Waals surface area contributed by atoms with Gasteiger partial charge in [-0.15, -0.1) is 0 Å². The summed E-state index contributed by atoms with van der Waals surface area (Å²) in [5, 5.41) is 2.78. The summed E-state index contributed by atoms with van der Waals surface area (Å²) >= 11 is 0. The first-order chi connectivity index (χ1) is 10.3. The van der Waals surface area contributed by atoms with Crippen LogP contribution >= 0.6 is 0 Å². The third-order valence-corrected chi connectivity index (χ3v) is 4.53. The lowest BCUT2D eigenvalue weighted by molar-refractivity contribution is -0.135. The molecule has 0 aliphatic carbocycles. The van der Waals surface area contributed by atoms with E-state index >= 15 is 0 Å². The Kier molecular flexibility index (Phi) is 5.84. The molecule has 5 heteroatoms. The Hall–Kier alpha value is -1.10. The first-order valence-corrected chi connectivity index (χ1v) is 8.64. The SMILES string of the molecule is CC(C)(C)CC(=O)NCC(=O)N1CCC[C@@H](N2CCCC2)C1. The van der Waals surface area contributed by atoms with Gasteiger partial charge in [0.2, 0.25) is 11.8 Å². The van der Waals surface area contributed by atoms with Crippen LogP contribution in [-0.4, -0.2) is 60.4 Å². The third-order valence-electron chi connectivity index (χ3n) is 4.53. The van der Waals surface area contributed by atoms with Crippen molar-refractivity contribution in [3.05, 3.63) is 0 Å². The van der Waals surface area contributed by atoms with Crippen LogP contribution in [0.5, 0.6) is 0 Å². The van der Waals surface area contributed by atoms with Gasteiger partial charge in [-0.2, -0.15) is 0 Å². The third kappa shape index (κ3) is 5.27. The average Bonchev–Trinajstić information content (AvgIpc) is 2.97. The Bertz CT molecular complexity index is 397. The highest BCUT2D eigenvalue weighted by atomic mass is 16.2. The molecule has 0 aromatic rings. The minimum atomic E-state index is -0.0426. The van der Waals surface area contributed by atoms with Crippen molar-refractivity contribution in [2.75, 3.05) is 32.7 Å². The van der Waals surface area contributed by atoms with Crippen molar-refractivity contribution < 1.29 is 9.59 Å². The maximum atomic E-state index is 12.3. The largest absolute Gasteiger partial charge is 0.347 e. The summed E-state index contributed by atoms with van der Waals surface area (Å²) in [6, 6.07) is 0.519. The molecule has 2 rings (SSSR count). The molecule has 2 aliphatic rings. The highest BCUT2D eigenvalue weighted by Crippen LogP contribution is 2.20. The van der Waals surface area contributed by atoms with E-state index < -0.39 is 0 Å². The van der Waals surface area contributed by atoms with Crippen molar-refractivity contribution in [1.29, 1.82) is 0 Å². The number of hydrogen-bond acceptors (Lipinski definition) is 3. The molecule has 0 aromatic heterocycles. The summed E-state index contributed by atoms with van der Waals surface area (Å²) in [6.07, 6.45) is 5.29. The molecule has 0 radical (unpaired) electrons. The summed E-state index contributed by atoms with van der Waals surface area (Å²) in [6.45, 7) is 10.2. The van der Waals surface area contributed by atoms with E-state index in [0.717, 1.165) is 19.5 Å². The van der Waals surface area contributed by atoms with Crippen LogP contribution in [0.2, 0.25) is 0 Å². The van der Waals surface area contributed by atoms with Crippen LogP contribution in [0.3, 0.4) is 0 Å². The van der Waals surface area contributed by atoms with Crippen LogP contribution in [0.25, 0.3) is 0 Å². The number of amides is 2. The van der Waals surface area contributed by atoms with Crippen molar-refractivity contribution in [2.24, 2.45) is 5.41 Å². The summed E-state index contributed by atoms with van der Waals surface area (Å²) < 4.78 is 0. The Morgan fingerprint density at radius 3 is 2.41 bits per heavy atom. The predicted molar refractivity (Wildman–Crippen MR) is 87.5 cm³/mol. The van der Waals surface area contributed by atoms with E-state index in [0.29, 0.717) is 12.5 Å². The van der Waals surface area contributed by atoms with Gasteiger partial charge in [0.05, 0.1) is 6.54 Å². The molecule has 126 valence electrons. The van der Waals surface area contributed by atoms with Gasteiger partial charge in [0, 0.05) is 25.6 Å². The highest BCUT2D eigenvalue weighted by molar-refractivity contribution is 5.85. The zero-order valence-corrected chi connectivity index (χ0v) is 14.4. The van der Waals surface area contributed by atoms with Crippen LogP contribution in [-0.2, 0) is 9.59 Å². The van der Waals surface area contributed by atoms with Crippen molar-refractivity contribution in [2.45, 2.75) is 58.9 Å². The summed E-state index contributed by atoms with van der Waals surface area (Å²) in [4.78, 5) is 28.6. The van der Waals surface area contributed by atoms with E-state index in [4.69, 9.17) is 0 Å². The van der Waals surface area contributed by atoms with Gasteiger partial charge in [0.1, 0.15) is 0 Å². The number of carbonyl (C=O) groups excluding carboxylic acids is 2. The van der Waals surface area contributed by atoms with E-state index in [1.54, 1.807) is 0 Å². The van der Waals surface area contributed by atoms with Crippen molar-refractivity contribution in [3.63, 3.8) is 0 Å². The molecule has 0 saturated carbocycles. The second-order valence-electron chi connectivity index (χ2n) is 7.89. The number of rotatable bonds is 4. The minimum absolute atomic E-state index is 0.0334. The van der Waals surface area contributed by atoms with Gasteiger partial charge in [0.25, 0.3) is 0 Å². The van der Waals surface area contributed by atoms with Crippen molar-refractivity contribution >= 4 is 11.8 Å². The number of carbonyl (C=O) groups is 2. The van der Waals surface area contributed by atoms with E-state index in [2.05, 4.69) is 10.2 Å². The molecular formula is C17H31N3O2. The molecular weight excluding hydrogens is 278 g/mol. The normalized spacial score (nSPS) is 23.6. The summed E-state index contributed by atoms with van der Waals surface area (Å²) in [7, 11) is 0. The molecule has 22 heavy (non-hydrogen) atoms. The van der Waals surface area contributed by atoms with E-state index in [1.165, 1.54) is 32.4 Å². The number of piperidine rings is 1. The number of hydrogen-bond donors (Lipinski definition) is 1. The second-order valence-corrected chi connectivity index (χ2v) is 7.89. The molecule has 5 nitrogen and oxygen atoms in total. The fourth-order valence-electron chi connectivity index (χ4n) is 3.42. The maximum absolute atomic E-state index is 12.3. The van der Waals surface area contributed by atoms with E-state index in [1.807, 2.05) is 25.7 Å². The van der Waals surface area contributed by atoms with Gasteiger partial charge in [-0.05, 0) is 44.2 Å². The highest BCUT2D eigenvalue weighted by Gasteiger charge is 2.29. The van der Waals surface area contributed by atoms with Gasteiger partial charge in [-0.1, -0.05) is 20.8 Å². The Morgan fingerprint density at radius 1 is 1.09 bits per heavy atom. The van der Waals surface area contributed by atoms with Crippen LogP contribution in [0, 0.1) is 5.41 Å². The molecule has 2 saturated heterocycles. The summed E-state index contributed by atoms with van der Waals surface area (Å²) in [5.74, 6) is 0.0279. The van der Waals surface area contributed by atoms with Gasteiger partial charge >= 0.3 is 0 Å². The Balaban J connectivity index is 1.75. The predicted octanol–water partition coefficient (Wildman–Crippen LogP) is 1.63. The van der Waals surface area contributed by atoms with E-state index in [9.17, 15) is 9.59 Å². The minimum Gasteiger partial charge on any atom is -0.347 e. The molecule has 2 aliphatic heterocycles. The fourth-order valence-corrected chi connectivity index (χ4v) is 3.42. The molecule has 1 atom stereocenters. The zero-order valence-electron chi connectivity index (χ0n) is 14.4. The molecule has 2 amide bonds. The molecule has 1 N–H and O–H groups in total. The fraction of sp³-hybridized carbons (Fsp3) is 0.882. The summed E-state index contributed by atoms with van der Waals surface area (Å²) in [5.41, 5.74) is -0.0426. The topological polar surface area (TPSA) is 52.7 Å². The zero-order chi connectivity index (χ0) is 16.2. The lowest BCUT2D eigenvalue weighted by Crippen LogP contribution is -2.51. The van der Waals surface area contributed by atoms with Gasteiger partial charge in [0.15, 0.2) is 0 Å². The maximum Gasteiger partial charge on any atom is 0.242 e. The molecule has 0 bridgehead atoms. The molecule has 0 aromatic carbocycles. The number of likely N-dealkylation sites (tertiary alicyclic amines) is 2. The van der Waals surface area contributed by atoms with Crippen LogP contribution in [0.4, 0.5) is 0 Å². The van der Waals surface area contributed by atoms with Crippen LogP contribution in [0.15, 0.2) is 0 Å². The number of nitrogens with one attached hydrogen (secondary N) is 1. The Morgan fingerprint density at radius 2 is 1.77 bits per heavy atom. The lowest BCUT2D eigenvalue weighted by Gasteiger charge is -2.37. The first-order valence-electron chi connectivity index (χ1n) is 8.64. The molecule has 0 spiro atoms. The lowest BCUT2D eigenvalue weighted by atomic mass is 9.92.